The Balaban J connectivity index is 1.89. The lowest BCUT2D eigenvalue weighted by Gasteiger charge is -2.35. The predicted octanol–water partition coefficient (Wildman–Crippen LogP) is 3.47. The monoisotopic (exact) mass is 239 g/mol. The molecule has 0 aliphatic carbocycles. The van der Waals surface area contributed by atoms with Gasteiger partial charge < -0.3 is 9.64 Å². The maximum atomic E-state index is 5.86. The minimum absolute atomic E-state index is 0.239. The van der Waals surface area contributed by atoms with Gasteiger partial charge in [0, 0.05) is 6.54 Å². The zero-order chi connectivity index (χ0) is 12.4. The van der Waals surface area contributed by atoms with Crippen molar-refractivity contribution < 1.29 is 4.74 Å². The van der Waals surface area contributed by atoms with Crippen molar-refractivity contribution in [1.29, 1.82) is 0 Å². The second kappa shape index (κ2) is 4.73. The van der Waals surface area contributed by atoms with E-state index in [1.165, 1.54) is 11.3 Å². The Morgan fingerprint density at radius 2 is 1.78 bits per heavy atom. The molecule has 3 rings (SSSR count). The van der Waals surface area contributed by atoms with E-state index >= 15 is 0 Å². The molecule has 1 unspecified atom stereocenters. The molecule has 0 spiro atoms. The van der Waals surface area contributed by atoms with E-state index < -0.39 is 0 Å². The molecular weight excluding hydrogens is 222 g/mol. The van der Waals surface area contributed by atoms with E-state index in [2.05, 4.69) is 54.3 Å². The van der Waals surface area contributed by atoms with Gasteiger partial charge in [0.2, 0.25) is 0 Å². The van der Waals surface area contributed by atoms with Crippen molar-refractivity contribution >= 4 is 5.69 Å². The predicted molar refractivity (Wildman–Crippen MR) is 74.0 cm³/mol. The molecule has 0 saturated carbocycles. The zero-order valence-electron chi connectivity index (χ0n) is 10.5. The molecule has 0 aromatic heterocycles. The molecule has 0 radical (unpaired) electrons. The van der Waals surface area contributed by atoms with Crippen LogP contribution in [0.25, 0.3) is 0 Å². The van der Waals surface area contributed by atoms with Crippen LogP contribution >= 0.6 is 0 Å². The molecule has 0 fully saturated rings. The molecule has 2 heteroatoms. The van der Waals surface area contributed by atoms with Crippen LogP contribution in [0.1, 0.15) is 12.5 Å². The summed E-state index contributed by atoms with van der Waals surface area (Å²) in [7, 11) is 0. The first-order valence-corrected chi connectivity index (χ1v) is 6.37. The van der Waals surface area contributed by atoms with Crippen LogP contribution in [0, 0.1) is 0 Å². The number of benzene rings is 2. The minimum atomic E-state index is 0.239. The van der Waals surface area contributed by atoms with Crippen LogP contribution in [0.4, 0.5) is 5.69 Å². The Kier molecular flexibility index (Phi) is 2.93. The highest BCUT2D eigenvalue weighted by molar-refractivity contribution is 5.60. The Bertz CT molecular complexity index is 524. The average Bonchev–Trinajstić information content (AvgIpc) is 2.40. The summed E-state index contributed by atoms with van der Waals surface area (Å²) >= 11 is 0. The highest BCUT2D eigenvalue weighted by Crippen LogP contribution is 2.33. The van der Waals surface area contributed by atoms with Crippen molar-refractivity contribution in [1.82, 2.24) is 0 Å². The van der Waals surface area contributed by atoms with Crippen LogP contribution in [0.2, 0.25) is 0 Å². The SMILES string of the molecule is CC1CN(Cc2ccccc2)c2ccccc2O1. The molecule has 18 heavy (non-hydrogen) atoms. The maximum Gasteiger partial charge on any atom is 0.143 e. The fraction of sp³-hybridized carbons (Fsp3) is 0.250. The third-order valence-electron chi connectivity index (χ3n) is 3.23. The first-order valence-electron chi connectivity index (χ1n) is 6.37. The number of rotatable bonds is 2. The molecule has 0 N–H and O–H groups in total. The maximum absolute atomic E-state index is 5.86. The largest absolute Gasteiger partial charge is 0.487 e. The molecule has 92 valence electrons. The standard InChI is InChI=1S/C16H17NO/c1-13-11-17(12-14-7-3-2-4-8-14)15-9-5-6-10-16(15)18-13/h2-10,13H,11-12H2,1H3. The Hall–Kier alpha value is -1.96. The number of hydrogen-bond acceptors (Lipinski definition) is 2. The third kappa shape index (κ3) is 2.19. The summed E-state index contributed by atoms with van der Waals surface area (Å²) in [5.74, 6) is 0.993. The van der Waals surface area contributed by atoms with Crippen LogP contribution in [-0.2, 0) is 6.54 Å². The van der Waals surface area contributed by atoms with E-state index in [4.69, 9.17) is 4.74 Å². The highest BCUT2D eigenvalue weighted by Gasteiger charge is 2.22. The summed E-state index contributed by atoms with van der Waals surface area (Å²) in [4.78, 5) is 2.39. The lowest BCUT2D eigenvalue weighted by molar-refractivity contribution is 0.212. The van der Waals surface area contributed by atoms with E-state index in [1.54, 1.807) is 0 Å². The second-order valence-electron chi connectivity index (χ2n) is 4.76. The van der Waals surface area contributed by atoms with E-state index in [-0.39, 0.29) is 6.10 Å². The van der Waals surface area contributed by atoms with Crippen molar-refractivity contribution in [3.63, 3.8) is 0 Å². The highest BCUT2D eigenvalue weighted by atomic mass is 16.5. The summed E-state index contributed by atoms with van der Waals surface area (Å²) in [6.45, 7) is 3.99. The van der Waals surface area contributed by atoms with E-state index in [1.807, 2.05) is 12.1 Å². The van der Waals surface area contributed by atoms with E-state index in [0.717, 1.165) is 18.8 Å². The van der Waals surface area contributed by atoms with Crippen LogP contribution in [0.3, 0.4) is 0 Å². The molecule has 2 aromatic rings. The van der Waals surface area contributed by atoms with Crippen LogP contribution in [0.5, 0.6) is 5.75 Å². The second-order valence-corrected chi connectivity index (χ2v) is 4.76. The van der Waals surface area contributed by atoms with Gasteiger partial charge in [-0.25, -0.2) is 0 Å². The molecule has 1 aliphatic heterocycles. The van der Waals surface area contributed by atoms with Gasteiger partial charge in [-0.05, 0) is 24.6 Å². The number of hydrogen-bond donors (Lipinski definition) is 0. The van der Waals surface area contributed by atoms with Crippen LogP contribution in [0.15, 0.2) is 54.6 Å². The number of fused-ring (bicyclic) bond motifs is 1. The molecule has 1 atom stereocenters. The van der Waals surface area contributed by atoms with E-state index in [9.17, 15) is 0 Å². The summed E-state index contributed by atoms with van der Waals surface area (Å²) in [5.41, 5.74) is 2.53. The van der Waals surface area contributed by atoms with E-state index in [0.29, 0.717) is 0 Å². The molecular formula is C16H17NO. The molecule has 2 aromatic carbocycles. The Labute approximate surface area is 108 Å². The number of ether oxygens (including phenoxy) is 1. The summed E-state index contributed by atoms with van der Waals surface area (Å²) < 4.78 is 5.86. The van der Waals surface area contributed by atoms with Gasteiger partial charge in [0.15, 0.2) is 0 Å². The fourth-order valence-corrected chi connectivity index (χ4v) is 2.43. The Morgan fingerprint density at radius 1 is 1.06 bits per heavy atom. The molecule has 1 heterocycles. The molecule has 1 aliphatic rings. The van der Waals surface area contributed by atoms with Gasteiger partial charge in [-0.15, -0.1) is 0 Å². The normalized spacial score (nSPS) is 18.1. The third-order valence-corrected chi connectivity index (χ3v) is 3.23. The summed E-state index contributed by atoms with van der Waals surface area (Å²) in [6, 6.07) is 18.8. The molecule has 0 bridgehead atoms. The quantitative estimate of drug-likeness (QED) is 0.795. The van der Waals surface area contributed by atoms with Crippen molar-refractivity contribution in [3.05, 3.63) is 60.2 Å². The first-order chi connectivity index (χ1) is 8.83. The smallest absolute Gasteiger partial charge is 0.143 e. The van der Waals surface area contributed by atoms with Crippen molar-refractivity contribution in [2.45, 2.75) is 19.6 Å². The van der Waals surface area contributed by atoms with Crippen LogP contribution < -0.4 is 9.64 Å². The van der Waals surface area contributed by atoms with Crippen molar-refractivity contribution in [2.24, 2.45) is 0 Å². The summed E-state index contributed by atoms with van der Waals surface area (Å²) in [6.07, 6.45) is 0.239. The van der Waals surface area contributed by atoms with Crippen molar-refractivity contribution in [2.75, 3.05) is 11.4 Å². The average molecular weight is 239 g/mol. The van der Waals surface area contributed by atoms with Crippen LogP contribution in [-0.4, -0.2) is 12.6 Å². The fourth-order valence-electron chi connectivity index (χ4n) is 2.43. The molecule has 0 saturated heterocycles. The number of para-hydroxylation sites is 2. The van der Waals surface area contributed by atoms with Gasteiger partial charge in [-0.1, -0.05) is 42.5 Å². The molecule has 2 nitrogen and oxygen atoms in total. The Morgan fingerprint density at radius 3 is 2.61 bits per heavy atom. The zero-order valence-corrected chi connectivity index (χ0v) is 10.5. The topological polar surface area (TPSA) is 12.5 Å². The summed E-state index contributed by atoms with van der Waals surface area (Å²) in [5, 5.41) is 0. The van der Waals surface area contributed by atoms with Gasteiger partial charge in [0.25, 0.3) is 0 Å². The van der Waals surface area contributed by atoms with Gasteiger partial charge in [-0.3, -0.25) is 0 Å². The van der Waals surface area contributed by atoms with Gasteiger partial charge in [0.1, 0.15) is 11.9 Å². The van der Waals surface area contributed by atoms with Gasteiger partial charge in [-0.2, -0.15) is 0 Å². The first kappa shape index (κ1) is 11.1. The van der Waals surface area contributed by atoms with Gasteiger partial charge >= 0.3 is 0 Å². The van der Waals surface area contributed by atoms with Gasteiger partial charge in [0.05, 0.1) is 12.2 Å². The lowest BCUT2D eigenvalue weighted by atomic mass is 10.1. The lowest BCUT2D eigenvalue weighted by Crippen LogP contribution is -2.37. The molecule has 0 amide bonds. The van der Waals surface area contributed by atoms with Crippen molar-refractivity contribution in [3.8, 4) is 5.75 Å². The number of anilines is 1. The number of nitrogens with zero attached hydrogens (tertiary/aromatic N) is 1. The minimum Gasteiger partial charge on any atom is -0.487 e.